The van der Waals surface area contributed by atoms with Crippen LogP contribution in [0.15, 0.2) is 77.7 Å². The molecule has 0 heterocycles. The minimum Gasteiger partial charge on any atom is -0.324 e. The van der Waals surface area contributed by atoms with Crippen LogP contribution in [0.4, 0.5) is 11.4 Å². The lowest BCUT2D eigenvalue weighted by atomic mass is 10.0. The Morgan fingerprint density at radius 1 is 0.914 bits per heavy atom. The number of anilines is 2. The summed E-state index contributed by atoms with van der Waals surface area (Å²) in [5, 5.41) is 5.56. The summed E-state index contributed by atoms with van der Waals surface area (Å²) in [5.41, 5.74) is 5.63. The van der Waals surface area contributed by atoms with Crippen LogP contribution in [0.3, 0.4) is 0 Å². The first-order valence-electron chi connectivity index (χ1n) is 11.4. The predicted molar refractivity (Wildman–Crippen MR) is 142 cm³/mol. The van der Waals surface area contributed by atoms with Gasteiger partial charge in [-0.15, -0.1) is 0 Å². The summed E-state index contributed by atoms with van der Waals surface area (Å²) in [5.74, 6) is -0.417. The zero-order valence-electron chi connectivity index (χ0n) is 19.5. The first kappa shape index (κ1) is 23.4. The fourth-order valence-corrected chi connectivity index (χ4v) is 6.14. The molecule has 0 aliphatic heterocycles. The Labute approximate surface area is 210 Å². The smallest absolute Gasteiger partial charge is 0.264 e. The molecular formula is C28H25ClN2O3S. The van der Waals surface area contributed by atoms with Crippen molar-refractivity contribution in [1.82, 2.24) is 0 Å². The molecule has 0 saturated heterocycles. The highest BCUT2D eigenvalue weighted by Gasteiger charge is 2.28. The zero-order valence-corrected chi connectivity index (χ0v) is 21.1. The van der Waals surface area contributed by atoms with Crippen LogP contribution in [0.2, 0.25) is 5.02 Å². The maximum Gasteiger partial charge on any atom is 0.264 e. The summed E-state index contributed by atoms with van der Waals surface area (Å²) in [6, 6.07) is 21.4. The second-order valence-corrected chi connectivity index (χ2v) is 11.2. The van der Waals surface area contributed by atoms with E-state index in [9.17, 15) is 13.2 Å². The highest BCUT2D eigenvalue weighted by molar-refractivity contribution is 7.92. The molecule has 0 unspecified atom stereocenters. The van der Waals surface area contributed by atoms with Crippen LogP contribution < -0.4 is 9.62 Å². The third-order valence-corrected chi connectivity index (χ3v) is 8.66. The molecule has 0 fully saturated rings. The number of hydrogen-bond acceptors (Lipinski definition) is 3. The lowest BCUT2D eigenvalue weighted by molar-refractivity contribution is -0.114. The van der Waals surface area contributed by atoms with Gasteiger partial charge in [0.05, 0.1) is 10.6 Å². The Morgan fingerprint density at radius 2 is 1.63 bits per heavy atom. The molecular weight excluding hydrogens is 480 g/mol. The predicted octanol–water partition coefficient (Wildman–Crippen LogP) is 6.04. The minimum absolute atomic E-state index is 0.0678. The Morgan fingerprint density at radius 3 is 2.34 bits per heavy atom. The van der Waals surface area contributed by atoms with Gasteiger partial charge in [0, 0.05) is 16.1 Å². The van der Waals surface area contributed by atoms with E-state index in [4.69, 9.17) is 11.6 Å². The summed E-state index contributed by atoms with van der Waals surface area (Å²) >= 11 is 5.97. The van der Waals surface area contributed by atoms with Crippen molar-refractivity contribution >= 4 is 49.7 Å². The van der Waals surface area contributed by atoms with Gasteiger partial charge in [0.1, 0.15) is 6.54 Å². The molecule has 1 N–H and O–H groups in total. The van der Waals surface area contributed by atoms with E-state index in [2.05, 4.69) is 11.4 Å². The molecule has 178 valence electrons. The fourth-order valence-electron chi connectivity index (χ4n) is 4.61. The Bertz CT molecular complexity index is 1550. The normalized spacial score (nSPS) is 12.7. The Hall–Kier alpha value is -3.35. The zero-order chi connectivity index (χ0) is 24.7. The lowest BCUT2D eigenvalue weighted by Gasteiger charge is -2.25. The summed E-state index contributed by atoms with van der Waals surface area (Å²) in [6.07, 6.45) is 1.98. The van der Waals surface area contributed by atoms with Gasteiger partial charge in [-0.1, -0.05) is 41.9 Å². The van der Waals surface area contributed by atoms with Crippen LogP contribution in [-0.2, 0) is 27.7 Å². The van der Waals surface area contributed by atoms with E-state index in [0.717, 1.165) is 33.7 Å². The van der Waals surface area contributed by atoms with E-state index in [1.165, 1.54) is 40.8 Å². The first-order chi connectivity index (χ1) is 16.7. The summed E-state index contributed by atoms with van der Waals surface area (Å²) in [7, 11) is -4.02. The van der Waals surface area contributed by atoms with Gasteiger partial charge in [-0.05, 0) is 96.8 Å². The SMILES string of the molecule is Cc1ccc(N(CC(=O)Nc2ccc3c4c(cccc24)CC3)S(=O)(=O)c2ccc(Cl)cc2)cc1C. The molecule has 1 aliphatic carbocycles. The molecule has 5 rings (SSSR count). The van der Waals surface area contributed by atoms with Crippen molar-refractivity contribution in [3.05, 3.63) is 100 Å². The largest absolute Gasteiger partial charge is 0.324 e. The number of rotatable bonds is 6. The molecule has 0 spiro atoms. The van der Waals surface area contributed by atoms with E-state index in [1.807, 2.05) is 44.2 Å². The molecule has 4 aromatic carbocycles. The molecule has 0 saturated carbocycles. The third kappa shape index (κ3) is 4.40. The van der Waals surface area contributed by atoms with E-state index in [1.54, 1.807) is 12.1 Å². The lowest BCUT2D eigenvalue weighted by Crippen LogP contribution is -2.38. The Kier molecular flexibility index (Phi) is 6.03. The van der Waals surface area contributed by atoms with E-state index >= 15 is 0 Å². The van der Waals surface area contributed by atoms with Crippen molar-refractivity contribution in [3.8, 4) is 0 Å². The van der Waals surface area contributed by atoms with Crippen LogP contribution in [0.5, 0.6) is 0 Å². The molecule has 1 amide bonds. The average molecular weight is 505 g/mol. The molecule has 0 radical (unpaired) electrons. The number of benzene rings is 4. The standard InChI is InChI=1S/C28H25ClN2O3S/c1-18-6-12-23(16-19(18)2)31(35(33,34)24-13-10-22(29)11-14-24)17-27(32)30-26-15-9-21-8-7-20-4-3-5-25(26)28(20)21/h3-6,9-16H,7-8,17H2,1-2H3,(H,30,32). The van der Waals surface area contributed by atoms with Gasteiger partial charge in [-0.3, -0.25) is 9.10 Å². The number of carbonyl (C=O) groups excluding carboxylic acids is 1. The number of sulfonamides is 1. The van der Waals surface area contributed by atoms with Gasteiger partial charge in [0.2, 0.25) is 5.91 Å². The molecule has 0 atom stereocenters. The van der Waals surface area contributed by atoms with Crippen LogP contribution in [0, 0.1) is 13.8 Å². The minimum atomic E-state index is -4.02. The number of carbonyl (C=O) groups is 1. The first-order valence-corrected chi connectivity index (χ1v) is 13.2. The summed E-state index contributed by atoms with van der Waals surface area (Å²) in [4.78, 5) is 13.3. The topological polar surface area (TPSA) is 66.5 Å². The van der Waals surface area contributed by atoms with Crippen LogP contribution >= 0.6 is 11.6 Å². The highest BCUT2D eigenvalue weighted by atomic mass is 35.5. The van der Waals surface area contributed by atoms with Crippen molar-refractivity contribution in [2.24, 2.45) is 0 Å². The second-order valence-electron chi connectivity index (χ2n) is 8.89. The fraction of sp³-hybridized carbons (Fsp3) is 0.179. The molecule has 1 aliphatic rings. The second kappa shape index (κ2) is 9.02. The number of nitrogens with zero attached hydrogens (tertiary/aromatic N) is 1. The van der Waals surface area contributed by atoms with Gasteiger partial charge in [-0.25, -0.2) is 8.42 Å². The number of nitrogens with one attached hydrogen (secondary N) is 1. The maximum atomic E-state index is 13.6. The van der Waals surface area contributed by atoms with Crippen molar-refractivity contribution < 1.29 is 13.2 Å². The molecule has 0 bridgehead atoms. The summed E-state index contributed by atoms with van der Waals surface area (Å²) in [6.45, 7) is 3.51. The van der Waals surface area contributed by atoms with Crippen molar-refractivity contribution in [1.29, 1.82) is 0 Å². The molecule has 7 heteroatoms. The number of halogens is 1. The summed E-state index contributed by atoms with van der Waals surface area (Å²) < 4.78 is 28.4. The number of amides is 1. The average Bonchev–Trinajstić information content (AvgIpc) is 3.26. The van der Waals surface area contributed by atoms with Crippen LogP contribution in [0.25, 0.3) is 10.8 Å². The number of hydrogen-bond donors (Lipinski definition) is 1. The highest BCUT2D eigenvalue weighted by Crippen LogP contribution is 2.35. The van der Waals surface area contributed by atoms with Gasteiger partial charge < -0.3 is 5.32 Å². The molecule has 4 aromatic rings. The van der Waals surface area contributed by atoms with E-state index < -0.39 is 15.9 Å². The van der Waals surface area contributed by atoms with Crippen LogP contribution in [-0.4, -0.2) is 20.9 Å². The van der Waals surface area contributed by atoms with Crippen molar-refractivity contribution in [2.75, 3.05) is 16.2 Å². The van der Waals surface area contributed by atoms with Crippen molar-refractivity contribution in [3.63, 3.8) is 0 Å². The van der Waals surface area contributed by atoms with Crippen LogP contribution in [0.1, 0.15) is 22.3 Å². The Balaban J connectivity index is 1.50. The molecule has 5 nitrogen and oxygen atoms in total. The van der Waals surface area contributed by atoms with Crippen molar-refractivity contribution in [2.45, 2.75) is 31.6 Å². The quantitative estimate of drug-likeness (QED) is 0.348. The van der Waals surface area contributed by atoms with E-state index in [-0.39, 0.29) is 11.4 Å². The van der Waals surface area contributed by atoms with Gasteiger partial charge >= 0.3 is 0 Å². The van der Waals surface area contributed by atoms with Gasteiger partial charge in [0.15, 0.2) is 0 Å². The monoisotopic (exact) mass is 504 g/mol. The van der Waals surface area contributed by atoms with Gasteiger partial charge in [0.25, 0.3) is 10.0 Å². The number of aryl methyl sites for hydroxylation is 4. The van der Waals surface area contributed by atoms with Gasteiger partial charge in [-0.2, -0.15) is 0 Å². The van der Waals surface area contributed by atoms with E-state index in [0.29, 0.717) is 16.4 Å². The third-order valence-electron chi connectivity index (χ3n) is 6.62. The maximum absolute atomic E-state index is 13.6. The molecule has 35 heavy (non-hydrogen) atoms. The molecule has 0 aromatic heterocycles.